The van der Waals surface area contributed by atoms with Crippen molar-refractivity contribution in [3.8, 4) is 0 Å². The lowest BCUT2D eigenvalue weighted by molar-refractivity contribution is -0.146. The molecule has 0 aliphatic carbocycles. The minimum atomic E-state index is -3.73. The highest BCUT2D eigenvalue weighted by Gasteiger charge is 2.49. The first kappa shape index (κ1) is 28.6. The van der Waals surface area contributed by atoms with Crippen molar-refractivity contribution in [3.63, 3.8) is 0 Å². The van der Waals surface area contributed by atoms with Crippen LogP contribution in [0.15, 0.2) is 0 Å². The Morgan fingerprint density at radius 3 is 2.41 bits per heavy atom. The molecule has 3 atom stereocenters. The molecule has 1 aliphatic heterocycles. The predicted molar refractivity (Wildman–Crippen MR) is 121 cm³/mol. The number of ether oxygens (including phenoxy) is 1. The number of nitrogens with one attached hydrogen (secondary N) is 2. The van der Waals surface area contributed by atoms with Gasteiger partial charge in [-0.25, -0.2) is 0 Å². The summed E-state index contributed by atoms with van der Waals surface area (Å²) in [5, 5.41) is 5.29. The standard InChI is InChI=1S/C20H35N2O8PS/c1-13(2)15(19(26)28-6)11-31(27)29-12-20(4,5)17(30-31)18(25)22-8-7-16(24)21-9-10-32-14(3)23/h13,15,17H,7-12H2,1-6H3,(H,21,24)(H,22,25)/t15-,17-,31+/m0/s1. The molecule has 2 N–H and O–H groups in total. The van der Waals surface area contributed by atoms with Gasteiger partial charge in [-0.3, -0.25) is 28.3 Å². The van der Waals surface area contributed by atoms with E-state index in [2.05, 4.69) is 10.6 Å². The third-order valence-electron chi connectivity index (χ3n) is 4.96. The zero-order valence-corrected chi connectivity index (χ0v) is 21.3. The molecule has 2 amide bonds. The van der Waals surface area contributed by atoms with Crippen molar-refractivity contribution in [2.75, 3.05) is 38.7 Å². The third-order valence-corrected chi connectivity index (χ3v) is 7.67. The summed E-state index contributed by atoms with van der Waals surface area (Å²) < 4.78 is 29.2. The third kappa shape index (κ3) is 9.21. The van der Waals surface area contributed by atoms with Gasteiger partial charge in [0, 0.05) is 37.6 Å². The number of amides is 2. The summed E-state index contributed by atoms with van der Waals surface area (Å²) in [5.41, 5.74) is -0.761. The highest BCUT2D eigenvalue weighted by molar-refractivity contribution is 8.13. The summed E-state index contributed by atoms with van der Waals surface area (Å²) in [6, 6.07) is 0. The summed E-state index contributed by atoms with van der Waals surface area (Å²) in [4.78, 5) is 47.5. The van der Waals surface area contributed by atoms with Crippen molar-refractivity contribution in [3.05, 3.63) is 0 Å². The zero-order valence-electron chi connectivity index (χ0n) is 19.6. The van der Waals surface area contributed by atoms with E-state index < -0.39 is 36.9 Å². The van der Waals surface area contributed by atoms with Gasteiger partial charge in [0.25, 0.3) is 0 Å². The Kier molecular flexibility index (Phi) is 11.4. The van der Waals surface area contributed by atoms with Crippen LogP contribution in [-0.2, 0) is 37.5 Å². The molecule has 0 spiro atoms. The molecule has 1 aliphatic rings. The van der Waals surface area contributed by atoms with Crippen LogP contribution in [0.1, 0.15) is 41.0 Å². The van der Waals surface area contributed by atoms with Crippen LogP contribution >= 0.6 is 19.4 Å². The number of hydrogen-bond donors (Lipinski definition) is 2. The average Bonchev–Trinajstić information content (AvgIpc) is 2.70. The van der Waals surface area contributed by atoms with Crippen LogP contribution in [0.4, 0.5) is 0 Å². The second-order valence-corrected chi connectivity index (χ2v) is 12.0. The number of esters is 1. The van der Waals surface area contributed by atoms with E-state index in [1.165, 1.54) is 14.0 Å². The van der Waals surface area contributed by atoms with Crippen LogP contribution in [-0.4, -0.2) is 67.7 Å². The highest BCUT2D eigenvalue weighted by Crippen LogP contribution is 2.57. The Labute approximate surface area is 193 Å². The molecular weight excluding hydrogens is 459 g/mol. The Hall–Kier alpha value is -1.42. The number of carbonyl (C=O) groups is 4. The molecule has 32 heavy (non-hydrogen) atoms. The van der Waals surface area contributed by atoms with E-state index in [0.717, 1.165) is 11.8 Å². The van der Waals surface area contributed by atoms with E-state index in [1.54, 1.807) is 27.7 Å². The first-order valence-electron chi connectivity index (χ1n) is 10.5. The molecule has 10 nitrogen and oxygen atoms in total. The Morgan fingerprint density at radius 1 is 1.19 bits per heavy atom. The molecule has 1 rings (SSSR count). The number of carbonyl (C=O) groups excluding carboxylic acids is 4. The zero-order chi connectivity index (χ0) is 24.5. The molecular formula is C20H35N2O8PS. The first-order chi connectivity index (χ1) is 14.8. The van der Waals surface area contributed by atoms with Gasteiger partial charge in [0.1, 0.15) is 0 Å². The number of thioether (sulfide) groups is 1. The molecule has 184 valence electrons. The topological polar surface area (TPSA) is 137 Å². The lowest BCUT2D eigenvalue weighted by Gasteiger charge is -2.41. The molecule has 0 saturated carbocycles. The highest BCUT2D eigenvalue weighted by atomic mass is 32.2. The molecule has 1 fully saturated rings. The first-order valence-corrected chi connectivity index (χ1v) is 13.2. The summed E-state index contributed by atoms with van der Waals surface area (Å²) in [6.45, 7) is 9.00. The summed E-state index contributed by atoms with van der Waals surface area (Å²) >= 11 is 1.12. The van der Waals surface area contributed by atoms with Crippen molar-refractivity contribution in [1.82, 2.24) is 10.6 Å². The van der Waals surface area contributed by atoms with Crippen LogP contribution in [0.5, 0.6) is 0 Å². The molecule has 0 bridgehead atoms. The maximum Gasteiger partial charge on any atom is 0.332 e. The molecule has 0 radical (unpaired) electrons. The van der Waals surface area contributed by atoms with Gasteiger partial charge in [-0.2, -0.15) is 0 Å². The van der Waals surface area contributed by atoms with E-state index in [4.69, 9.17) is 13.8 Å². The van der Waals surface area contributed by atoms with E-state index >= 15 is 0 Å². The van der Waals surface area contributed by atoms with E-state index in [1.807, 2.05) is 0 Å². The van der Waals surface area contributed by atoms with Gasteiger partial charge >= 0.3 is 13.6 Å². The monoisotopic (exact) mass is 494 g/mol. The summed E-state index contributed by atoms with van der Waals surface area (Å²) in [7, 11) is -2.47. The molecule has 0 aromatic rings. The molecule has 1 saturated heterocycles. The Bertz CT molecular complexity index is 743. The lowest BCUT2D eigenvalue weighted by Crippen LogP contribution is -2.50. The number of rotatable bonds is 11. The quantitative estimate of drug-likeness (QED) is 0.251. The van der Waals surface area contributed by atoms with Crippen LogP contribution in [0, 0.1) is 17.3 Å². The maximum atomic E-state index is 13.2. The largest absolute Gasteiger partial charge is 0.469 e. The predicted octanol–water partition coefficient (Wildman–Crippen LogP) is 1.97. The average molecular weight is 495 g/mol. The SMILES string of the molecule is COC(=O)[C@@H](C[P@@]1(=O)OCC(C)(C)[C@H](C(=O)NCCC(=O)NCCSC(C)=O)O1)C(C)C. The fraction of sp³-hybridized carbons (Fsp3) is 0.800. The number of methoxy groups -OCH3 is 1. The van der Waals surface area contributed by atoms with Gasteiger partial charge in [0.15, 0.2) is 11.2 Å². The fourth-order valence-electron chi connectivity index (χ4n) is 2.99. The Morgan fingerprint density at radius 2 is 1.84 bits per heavy atom. The van der Waals surface area contributed by atoms with Gasteiger partial charge in [0.2, 0.25) is 11.8 Å². The van der Waals surface area contributed by atoms with Crippen molar-refractivity contribution < 1.29 is 37.5 Å². The molecule has 1 heterocycles. The molecule has 0 aromatic carbocycles. The van der Waals surface area contributed by atoms with Gasteiger partial charge in [0.05, 0.1) is 25.8 Å². The maximum absolute atomic E-state index is 13.2. The number of hydrogen-bond acceptors (Lipinski definition) is 9. The fourth-order valence-corrected chi connectivity index (χ4v) is 6.02. The van der Waals surface area contributed by atoms with Crippen molar-refractivity contribution in [2.45, 2.75) is 47.1 Å². The second kappa shape index (κ2) is 12.7. The van der Waals surface area contributed by atoms with Crippen LogP contribution < -0.4 is 10.6 Å². The second-order valence-electron chi connectivity index (χ2n) is 8.65. The Balaban J connectivity index is 2.65. The molecule has 12 heteroatoms. The lowest BCUT2D eigenvalue weighted by atomic mass is 9.87. The molecule has 0 aromatic heterocycles. The van der Waals surface area contributed by atoms with E-state index in [9.17, 15) is 23.7 Å². The summed E-state index contributed by atoms with van der Waals surface area (Å²) in [6.07, 6.45) is -1.20. The minimum Gasteiger partial charge on any atom is -0.469 e. The van der Waals surface area contributed by atoms with Gasteiger partial charge in [-0.05, 0) is 5.92 Å². The van der Waals surface area contributed by atoms with Gasteiger partial charge in [-0.1, -0.05) is 39.5 Å². The smallest absolute Gasteiger partial charge is 0.332 e. The van der Waals surface area contributed by atoms with Crippen LogP contribution in [0.3, 0.4) is 0 Å². The summed E-state index contributed by atoms with van der Waals surface area (Å²) in [5.74, 6) is -1.64. The van der Waals surface area contributed by atoms with E-state index in [-0.39, 0.29) is 42.7 Å². The van der Waals surface area contributed by atoms with Crippen molar-refractivity contribution in [1.29, 1.82) is 0 Å². The van der Waals surface area contributed by atoms with E-state index in [0.29, 0.717) is 12.3 Å². The van der Waals surface area contributed by atoms with Crippen LogP contribution in [0.2, 0.25) is 0 Å². The van der Waals surface area contributed by atoms with Gasteiger partial charge in [-0.15, -0.1) is 0 Å². The van der Waals surface area contributed by atoms with Gasteiger partial charge < -0.3 is 19.9 Å². The minimum absolute atomic E-state index is 0.0165. The normalized spacial score (nSPS) is 23.3. The molecule has 0 unspecified atom stereocenters. The van der Waals surface area contributed by atoms with Crippen LogP contribution in [0.25, 0.3) is 0 Å². The van der Waals surface area contributed by atoms with Crippen molar-refractivity contribution >= 4 is 42.3 Å². The van der Waals surface area contributed by atoms with Crippen molar-refractivity contribution in [2.24, 2.45) is 17.3 Å².